The van der Waals surface area contributed by atoms with Gasteiger partial charge in [-0.05, 0) is 53.0 Å². The standard InChI is InChI=1S/C15H24N4O/c1-5-20-13-8-6-7-12-14(13)17-15(16)19(12)11(2)9-10-18(3)4/h6-8,11H,5,9-10H2,1-4H3,(H2,16,17). The highest BCUT2D eigenvalue weighted by Crippen LogP contribution is 2.30. The third-order valence-corrected chi connectivity index (χ3v) is 3.45. The van der Waals surface area contributed by atoms with Gasteiger partial charge < -0.3 is 19.9 Å². The van der Waals surface area contributed by atoms with Gasteiger partial charge in [-0.1, -0.05) is 6.07 Å². The summed E-state index contributed by atoms with van der Waals surface area (Å²) < 4.78 is 7.72. The summed E-state index contributed by atoms with van der Waals surface area (Å²) in [5, 5.41) is 0. The van der Waals surface area contributed by atoms with Gasteiger partial charge in [0.05, 0.1) is 12.1 Å². The maximum atomic E-state index is 6.11. The first kappa shape index (κ1) is 14.7. The van der Waals surface area contributed by atoms with Crippen molar-refractivity contribution in [3.63, 3.8) is 0 Å². The van der Waals surface area contributed by atoms with Gasteiger partial charge in [-0.3, -0.25) is 0 Å². The molecule has 0 aliphatic carbocycles. The van der Waals surface area contributed by atoms with Crippen LogP contribution < -0.4 is 10.5 Å². The van der Waals surface area contributed by atoms with Crippen LogP contribution in [0, 0.1) is 0 Å². The Morgan fingerprint density at radius 1 is 1.40 bits per heavy atom. The highest BCUT2D eigenvalue weighted by molar-refractivity contribution is 5.84. The Morgan fingerprint density at radius 3 is 2.80 bits per heavy atom. The van der Waals surface area contributed by atoms with E-state index in [0.717, 1.165) is 29.7 Å². The average molecular weight is 276 g/mol. The van der Waals surface area contributed by atoms with E-state index in [9.17, 15) is 0 Å². The van der Waals surface area contributed by atoms with Gasteiger partial charge in [-0.25, -0.2) is 4.98 Å². The van der Waals surface area contributed by atoms with Gasteiger partial charge in [0, 0.05) is 6.04 Å². The van der Waals surface area contributed by atoms with E-state index in [0.29, 0.717) is 18.6 Å². The highest BCUT2D eigenvalue weighted by atomic mass is 16.5. The minimum absolute atomic E-state index is 0.305. The summed E-state index contributed by atoms with van der Waals surface area (Å²) in [6.45, 7) is 5.79. The molecular weight excluding hydrogens is 252 g/mol. The summed E-state index contributed by atoms with van der Waals surface area (Å²) in [4.78, 5) is 6.66. The smallest absolute Gasteiger partial charge is 0.201 e. The van der Waals surface area contributed by atoms with Gasteiger partial charge in [-0.15, -0.1) is 0 Å². The summed E-state index contributed by atoms with van der Waals surface area (Å²) in [5.74, 6) is 1.36. The molecule has 5 nitrogen and oxygen atoms in total. The Balaban J connectivity index is 2.38. The molecule has 20 heavy (non-hydrogen) atoms. The highest BCUT2D eigenvalue weighted by Gasteiger charge is 2.16. The number of para-hydroxylation sites is 1. The predicted octanol–water partition coefficient (Wildman–Crippen LogP) is 2.53. The fraction of sp³-hybridized carbons (Fsp3) is 0.533. The molecule has 5 heteroatoms. The molecule has 110 valence electrons. The zero-order chi connectivity index (χ0) is 14.7. The monoisotopic (exact) mass is 276 g/mol. The van der Waals surface area contributed by atoms with Crippen LogP contribution in [0.5, 0.6) is 5.75 Å². The van der Waals surface area contributed by atoms with E-state index in [4.69, 9.17) is 10.5 Å². The Hall–Kier alpha value is -1.75. The second-order valence-electron chi connectivity index (χ2n) is 5.34. The van der Waals surface area contributed by atoms with Crippen LogP contribution >= 0.6 is 0 Å². The molecule has 0 amide bonds. The van der Waals surface area contributed by atoms with E-state index in [1.807, 2.05) is 25.1 Å². The van der Waals surface area contributed by atoms with Gasteiger partial charge in [-0.2, -0.15) is 0 Å². The second kappa shape index (κ2) is 6.13. The Morgan fingerprint density at radius 2 is 2.15 bits per heavy atom. The molecule has 0 fully saturated rings. The molecule has 0 spiro atoms. The molecule has 0 saturated heterocycles. The lowest BCUT2D eigenvalue weighted by atomic mass is 10.2. The number of hydrogen-bond donors (Lipinski definition) is 1. The summed E-state index contributed by atoms with van der Waals surface area (Å²) in [5.41, 5.74) is 8.00. The van der Waals surface area contributed by atoms with Crippen molar-refractivity contribution < 1.29 is 4.74 Å². The Kier molecular flexibility index (Phi) is 4.49. The van der Waals surface area contributed by atoms with Crippen LogP contribution in [0.1, 0.15) is 26.3 Å². The van der Waals surface area contributed by atoms with Gasteiger partial charge >= 0.3 is 0 Å². The Bertz CT molecular complexity index is 577. The number of nitrogens with zero attached hydrogens (tertiary/aromatic N) is 3. The molecule has 2 aromatic rings. The SMILES string of the molecule is CCOc1cccc2c1nc(N)n2C(C)CCN(C)C. The van der Waals surface area contributed by atoms with Crippen LogP contribution in [-0.4, -0.2) is 41.7 Å². The molecule has 1 unspecified atom stereocenters. The maximum absolute atomic E-state index is 6.11. The first-order valence-corrected chi connectivity index (χ1v) is 7.08. The van der Waals surface area contributed by atoms with Gasteiger partial charge in [0.2, 0.25) is 5.95 Å². The molecule has 1 aromatic heterocycles. The molecule has 0 aliphatic rings. The molecule has 1 heterocycles. The predicted molar refractivity (Wildman–Crippen MR) is 83.2 cm³/mol. The van der Waals surface area contributed by atoms with Crippen molar-refractivity contribution in [3.8, 4) is 5.75 Å². The number of rotatable bonds is 6. The summed E-state index contributed by atoms with van der Waals surface area (Å²) in [6.07, 6.45) is 1.03. The number of ether oxygens (including phenoxy) is 1. The van der Waals surface area contributed by atoms with Crippen LogP contribution in [0.15, 0.2) is 18.2 Å². The molecule has 2 rings (SSSR count). The summed E-state index contributed by atoms with van der Waals surface area (Å²) in [7, 11) is 4.16. The van der Waals surface area contributed by atoms with Crippen molar-refractivity contribution in [3.05, 3.63) is 18.2 Å². The van der Waals surface area contributed by atoms with E-state index in [1.165, 1.54) is 0 Å². The Labute approximate surface area is 120 Å². The van der Waals surface area contributed by atoms with E-state index in [1.54, 1.807) is 0 Å². The second-order valence-corrected chi connectivity index (χ2v) is 5.34. The van der Waals surface area contributed by atoms with E-state index in [2.05, 4.69) is 35.5 Å². The number of nitrogens with two attached hydrogens (primary N) is 1. The average Bonchev–Trinajstić information content (AvgIpc) is 2.73. The minimum Gasteiger partial charge on any atom is -0.492 e. The molecular formula is C15H24N4O. The molecule has 2 N–H and O–H groups in total. The van der Waals surface area contributed by atoms with Gasteiger partial charge in [0.1, 0.15) is 11.3 Å². The van der Waals surface area contributed by atoms with Gasteiger partial charge in [0.25, 0.3) is 0 Å². The summed E-state index contributed by atoms with van der Waals surface area (Å²) in [6, 6.07) is 6.28. The van der Waals surface area contributed by atoms with Crippen molar-refractivity contribution in [2.24, 2.45) is 0 Å². The lowest BCUT2D eigenvalue weighted by Gasteiger charge is -2.18. The fourth-order valence-corrected chi connectivity index (χ4v) is 2.42. The van der Waals surface area contributed by atoms with E-state index in [-0.39, 0.29) is 0 Å². The van der Waals surface area contributed by atoms with Crippen molar-refractivity contribution in [1.82, 2.24) is 14.5 Å². The van der Waals surface area contributed by atoms with Crippen LogP contribution in [0.2, 0.25) is 0 Å². The quantitative estimate of drug-likeness (QED) is 0.881. The van der Waals surface area contributed by atoms with Crippen LogP contribution in [0.4, 0.5) is 5.95 Å². The van der Waals surface area contributed by atoms with Crippen molar-refractivity contribution >= 4 is 17.0 Å². The third kappa shape index (κ3) is 2.88. The third-order valence-electron chi connectivity index (χ3n) is 3.45. The zero-order valence-electron chi connectivity index (χ0n) is 12.8. The first-order chi connectivity index (χ1) is 9.54. The number of benzene rings is 1. The lowest BCUT2D eigenvalue weighted by Crippen LogP contribution is -2.18. The number of imidazole rings is 1. The van der Waals surface area contributed by atoms with E-state index >= 15 is 0 Å². The maximum Gasteiger partial charge on any atom is 0.201 e. The van der Waals surface area contributed by atoms with Crippen molar-refractivity contribution in [1.29, 1.82) is 0 Å². The molecule has 1 atom stereocenters. The molecule has 0 radical (unpaired) electrons. The minimum atomic E-state index is 0.305. The van der Waals surface area contributed by atoms with Gasteiger partial charge in [0.15, 0.2) is 0 Å². The van der Waals surface area contributed by atoms with Crippen molar-refractivity contribution in [2.75, 3.05) is 33.0 Å². The number of hydrogen-bond acceptors (Lipinski definition) is 4. The summed E-state index contributed by atoms with van der Waals surface area (Å²) >= 11 is 0. The van der Waals surface area contributed by atoms with Crippen LogP contribution in [-0.2, 0) is 0 Å². The number of nitrogen functional groups attached to an aromatic ring is 1. The zero-order valence-corrected chi connectivity index (χ0v) is 12.8. The van der Waals surface area contributed by atoms with E-state index < -0.39 is 0 Å². The molecule has 1 aromatic carbocycles. The molecule has 0 saturated carbocycles. The molecule has 0 aliphatic heterocycles. The molecule has 0 bridgehead atoms. The number of fused-ring (bicyclic) bond motifs is 1. The van der Waals surface area contributed by atoms with Crippen molar-refractivity contribution in [2.45, 2.75) is 26.3 Å². The van der Waals surface area contributed by atoms with Crippen LogP contribution in [0.25, 0.3) is 11.0 Å². The fourth-order valence-electron chi connectivity index (χ4n) is 2.42. The van der Waals surface area contributed by atoms with Crippen LogP contribution in [0.3, 0.4) is 0 Å². The number of aromatic nitrogens is 2. The lowest BCUT2D eigenvalue weighted by molar-refractivity contribution is 0.343. The largest absolute Gasteiger partial charge is 0.492 e. The number of anilines is 1. The first-order valence-electron chi connectivity index (χ1n) is 7.08. The topological polar surface area (TPSA) is 56.3 Å². The normalized spacial score (nSPS) is 13.1.